The summed E-state index contributed by atoms with van der Waals surface area (Å²) in [4.78, 5) is 26.4. The van der Waals surface area contributed by atoms with E-state index in [1.165, 1.54) is 11.3 Å². The number of likely N-dealkylation sites (tertiary alicyclic amines) is 1. The van der Waals surface area contributed by atoms with E-state index in [9.17, 15) is 4.79 Å². The van der Waals surface area contributed by atoms with Crippen molar-refractivity contribution < 1.29 is 9.53 Å². The first-order valence-corrected chi connectivity index (χ1v) is 12.1. The third kappa shape index (κ3) is 5.35. The van der Waals surface area contributed by atoms with Crippen molar-refractivity contribution in [3.8, 4) is 0 Å². The van der Waals surface area contributed by atoms with E-state index in [0.29, 0.717) is 0 Å². The lowest BCUT2D eigenvalue weighted by Gasteiger charge is -2.39. The van der Waals surface area contributed by atoms with E-state index < -0.39 is 0 Å². The van der Waals surface area contributed by atoms with Gasteiger partial charge < -0.3 is 24.8 Å². The van der Waals surface area contributed by atoms with Crippen molar-refractivity contribution in [2.45, 2.75) is 32.4 Å². The molecule has 3 heterocycles. The number of carbonyl (C=O) groups excluding carboxylic acids is 1. The van der Waals surface area contributed by atoms with Crippen LogP contribution in [0.3, 0.4) is 0 Å². The number of piperazine rings is 1. The number of hydrogen-bond donors (Lipinski definition) is 1. The van der Waals surface area contributed by atoms with Gasteiger partial charge in [-0.15, -0.1) is 0 Å². The summed E-state index contributed by atoms with van der Waals surface area (Å²) in [5.74, 6) is 1.22. The Balaban J connectivity index is 1.30. The van der Waals surface area contributed by atoms with Crippen LogP contribution in [0.4, 0.5) is 5.69 Å². The first kappa shape index (κ1) is 22.9. The summed E-state index contributed by atoms with van der Waals surface area (Å²) in [6.07, 6.45) is 2.28. The van der Waals surface area contributed by atoms with Crippen LogP contribution < -0.4 is 10.2 Å². The second kappa shape index (κ2) is 11.0. The molecule has 0 aliphatic carbocycles. The molecule has 176 valence electrons. The lowest BCUT2D eigenvalue weighted by Crippen LogP contribution is -2.57. The zero-order valence-corrected chi connectivity index (χ0v) is 19.6. The fraction of sp³-hybridized carbons (Fsp3) is 0.667. The Morgan fingerprint density at radius 2 is 1.69 bits per heavy atom. The van der Waals surface area contributed by atoms with Gasteiger partial charge in [-0.1, -0.05) is 18.2 Å². The second-order valence-electron chi connectivity index (χ2n) is 8.86. The van der Waals surface area contributed by atoms with Crippen LogP contribution in [-0.4, -0.2) is 105 Å². The van der Waals surface area contributed by atoms with Crippen LogP contribution >= 0.6 is 0 Å². The maximum atomic E-state index is 12.8. The second-order valence-corrected chi connectivity index (χ2v) is 8.86. The van der Waals surface area contributed by atoms with E-state index >= 15 is 0 Å². The van der Waals surface area contributed by atoms with E-state index in [0.717, 1.165) is 90.9 Å². The number of benzene rings is 1. The molecule has 1 amide bonds. The Hall–Kier alpha value is -2.32. The average molecular weight is 443 g/mol. The molecule has 8 heteroatoms. The fourth-order valence-corrected chi connectivity index (χ4v) is 4.96. The van der Waals surface area contributed by atoms with E-state index in [2.05, 4.69) is 56.2 Å². The predicted molar refractivity (Wildman–Crippen MR) is 128 cm³/mol. The minimum atomic E-state index is -0.0365. The summed E-state index contributed by atoms with van der Waals surface area (Å²) in [7, 11) is 1.85. The fourth-order valence-electron chi connectivity index (χ4n) is 4.96. The standard InChI is InChI=1S/C24H38N6O2/c1-20(23(31)29-9-5-6-10-29)27-11-13-30(14-12-27)24(25-2)26-19-21-7-3-4-8-22(21)28-15-17-32-18-16-28/h3-4,7-8,20H,5-6,9-19H2,1-2H3,(H,25,26). The molecule has 0 bridgehead atoms. The number of carbonyl (C=O) groups is 1. The highest BCUT2D eigenvalue weighted by atomic mass is 16.5. The monoisotopic (exact) mass is 442 g/mol. The minimum absolute atomic E-state index is 0.0365. The molecule has 1 aromatic carbocycles. The summed E-state index contributed by atoms with van der Waals surface area (Å²) in [6.45, 7) is 11.6. The first-order chi connectivity index (χ1) is 15.7. The average Bonchev–Trinajstić information content (AvgIpc) is 3.40. The van der Waals surface area contributed by atoms with Gasteiger partial charge in [0.05, 0.1) is 19.3 Å². The van der Waals surface area contributed by atoms with Crippen LogP contribution in [0.25, 0.3) is 0 Å². The molecule has 8 nitrogen and oxygen atoms in total. The number of anilines is 1. The van der Waals surface area contributed by atoms with Crippen LogP contribution in [0.2, 0.25) is 0 Å². The molecule has 3 aliphatic rings. The summed E-state index contributed by atoms with van der Waals surface area (Å²) in [5, 5.41) is 3.57. The van der Waals surface area contributed by atoms with Crippen LogP contribution in [0.15, 0.2) is 29.3 Å². The number of nitrogens with zero attached hydrogens (tertiary/aromatic N) is 5. The van der Waals surface area contributed by atoms with Gasteiger partial charge in [-0.2, -0.15) is 0 Å². The number of ether oxygens (including phenoxy) is 1. The van der Waals surface area contributed by atoms with Gasteiger partial charge in [0.1, 0.15) is 0 Å². The van der Waals surface area contributed by atoms with Gasteiger partial charge in [0.2, 0.25) is 5.91 Å². The van der Waals surface area contributed by atoms with Gasteiger partial charge in [0.15, 0.2) is 5.96 Å². The number of hydrogen-bond acceptors (Lipinski definition) is 5. The molecule has 1 unspecified atom stereocenters. The maximum absolute atomic E-state index is 12.8. The Kier molecular flexibility index (Phi) is 7.86. The summed E-state index contributed by atoms with van der Waals surface area (Å²) in [5.41, 5.74) is 2.55. The zero-order valence-electron chi connectivity index (χ0n) is 19.6. The van der Waals surface area contributed by atoms with Crippen molar-refractivity contribution >= 4 is 17.6 Å². The molecule has 0 saturated carbocycles. The van der Waals surface area contributed by atoms with Gasteiger partial charge in [-0.05, 0) is 31.4 Å². The molecule has 3 saturated heterocycles. The quantitative estimate of drug-likeness (QED) is 0.547. The van der Waals surface area contributed by atoms with Crippen molar-refractivity contribution in [2.75, 3.05) is 77.5 Å². The smallest absolute Gasteiger partial charge is 0.239 e. The summed E-state index contributed by atoms with van der Waals surface area (Å²) >= 11 is 0. The normalized spacial score (nSPS) is 21.7. The molecule has 1 aromatic rings. The molecule has 0 radical (unpaired) electrons. The number of rotatable bonds is 5. The molecular formula is C24H38N6O2. The number of guanidine groups is 1. The summed E-state index contributed by atoms with van der Waals surface area (Å²) in [6, 6.07) is 8.55. The van der Waals surface area contributed by atoms with Gasteiger partial charge in [0, 0.05) is 71.6 Å². The van der Waals surface area contributed by atoms with Crippen molar-refractivity contribution in [3.05, 3.63) is 29.8 Å². The molecule has 3 fully saturated rings. The zero-order chi connectivity index (χ0) is 22.3. The third-order valence-corrected chi connectivity index (χ3v) is 6.93. The van der Waals surface area contributed by atoms with Crippen LogP contribution in [-0.2, 0) is 16.1 Å². The van der Waals surface area contributed by atoms with Crippen LogP contribution in [0.1, 0.15) is 25.3 Å². The Bertz CT molecular complexity index is 780. The molecule has 0 aromatic heterocycles. The van der Waals surface area contributed by atoms with Crippen molar-refractivity contribution in [1.29, 1.82) is 0 Å². The number of para-hydroxylation sites is 1. The topological polar surface area (TPSA) is 63.7 Å². The molecule has 1 atom stereocenters. The molecule has 0 spiro atoms. The van der Waals surface area contributed by atoms with E-state index in [1.54, 1.807) is 0 Å². The van der Waals surface area contributed by atoms with Crippen molar-refractivity contribution in [3.63, 3.8) is 0 Å². The first-order valence-electron chi connectivity index (χ1n) is 12.1. The van der Waals surface area contributed by atoms with Gasteiger partial charge >= 0.3 is 0 Å². The van der Waals surface area contributed by atoms with Crippen molar-refractivity contribution in [1.82, 2.24) is 20.0 Å². The van der Waals surface area contributed by atoms with E-state index in [1.807, 2.05) is 11.9 Å². The summed E-state index contributed by atoms with van der Waals surface area (Å²) < 4.78 is 5.51. The number of amides is 1. The Labute approximate surface area is 192 Å². The lowest BCUT2D eigenvalue weighted by molar-refractivity contribution is -0.135. The maximum Gasteiger partial charge on any atom is 0.239 e. The lowest BCUT2D eigenvalue weighted by atomic mass is 10.1. The number of nitrogens with one attached hydrogen (secondary N) is 1. The molecule has 4 rings (SSSR count). The highest BCUT2D eigenvalue weighted by Gasteiger charge is 2.30. The number of aliphatic imine (C=N–C) groups is 1. The molecule has 3 aliphatic heterocycles. The Morgan fingerprint density at radius 3 is 2.38 bits per heavy atom. The highest BCUT2D eigenvalue weighted by molar-refractivity contribution is 5.82. The largest absolute Gasteiger partial charge is 0.378 e. The van der Waals surface area contributed by atoms with Crippen molar-refractivity contribution in [2.24, 2.45) is 4.99 Å². The van der Waals surface area contributed by atoms with Crippen LogP contribution in [0.5, 0.6) is 0 Å². The third-order valence-electron chi connectivity index (χ3n) is 6.93. The molecular weight excluding hydrogens is 404 g/mol. The van der Waals surface area contributed by atoms with Crippen LogP contribution in [0, 0.1) is 0 Å². The van der Waals surface area contributed by atoms with E-state index in [4.69, 9.17) is 4.74 Å². The number of morpholine rings is 1. The molecule has 32 heavy (non-hydrogen) atoms. The van der Waals surface area contributed by atoms with Gasteiger partial charge in [-0.3, -0.25) is 14.7 Å². The van der Waals surface area contributed by atoms with E-state index in [-0.39, 0.29) is 11.9 Å². The Morgan fingerprint density at radius 1 is 1.00 bits per heavy atom. The highest BCUT2D eigenvalue weighted by Crippen LogP contribution is 2.21. The minimum Gasteiger partial charge on any atom is -0.378 e. The molecule has 1 N–H and O–H groups in total. The van der Waals surface area contributed by atoms with Gasteiger partial charge in [-0.25, -0.2) is 0 Å². The SMILES string of the molecule is CN=C(NCc1ccccc1N1CCOCC1)N1CCN(C(C)C(=O)N2CCCC2)CC1. The predicted octanol–water partition coefficient (Wildman–Crippen LogP) is 1.23. The van der Waals surface area contributed by atoms with Gasteiger partial charge in [0.25, 0.3) is 0 Å².